The number of rotatable bonds is 2. The molecule has 1 saturated carbocycles. The lowest BCUT2D eigenvalue weighted by molar-refractivity contribution is -0.137. The first kappa shape index (κ1) is 18.5. The Bertz CT molecular complexity index is 746. The number of ether oxygens (including phenoxy) is 1. The number of carbonyl (C=O) groups is 1. The Morgan fingerprint density at radius 3 is 2.56 bits per heavy atom. The van der Waals surface area contributed by atoms with Gasteiger partial charge in [-0.3, -0.25) is 14.6 Å². The van der Waals surface area contributed by atoms with E-state index < -0.39 is 0 Å². The highest BCUT2D eigenvalue weighted by Gasteiger charge is 2.31. The molecular formula is C20H30N4O3. The number of amides is 1. The lowest BCUT2D eigenvalue weighted by Crippen LogP contribution is -2.47. The minimum absolute atomic E-state index is 0.0634. The number of aromatic nitrogens is 2. The van der Waals surface area contributed by atoms with Crippen LogP contribution in [0.25, 0.3) is 0 Å². The van der Waals surface area contributed by atoms with Crippen LogP contribution in [0.3, 0.4) is 0 Å². The van der Waals surface area contributed by atoms with Crippen molar-refractivity contribution in [1.82, 2.24) is 14.9 Å². The average Bonchev–Trinajstić information content (AvgIpc) is 2.67. The molecule has 1 aliphatic carbocycles. The molecule has 0 unspecified atom stereocenters. The highest BCUT2D eigenvalue weighted by Crippen LogP contribution is 2.27. The summed E-state index contributed by atoms with van der Waals surface area (Å²) in [5, 5.41) is 0. The smallest absolute Gasteiger partial charge is 0.255 e. The van der Waals surface area contributed by atoms with E-state index in [9.17, 15) is 9.59 Å². The van der Waals surface area contributed by atoms with E-state index in [1.54, 1.807) is 0 Å². The third kappa shape index (κ3) is 3.88. The quantitative estimate of drug-likeness (QED) is 0.855. The predicted octanol–water partition coefficient (Wildman–Crippen LogP) is 1.85. The van der Waals surface area contributed by atoms with Crippen LogP contribution in [0.4, 0.5) is 5.95 Å². The molecule has 2 fully saturated rings. The van der Waals surface area contributed by atoms with Crippen LogP contribution >= 0.6 is 0 Å². The second-order valence-electron chi connectivity index (χ2n) is 8.32. The molecule has 1 N–H and O–H groups in total. The maximum absolute atomic E-state index is 12.9. The van der Waals surface area contributed by atoms with E-state index in [0.717, 1.165) is 36.9 Å². The van der Waals surface area contributed by atoms with Gasteiger partial charge in [0, 0.05) is 31.1 Å². The van der Waals surface area contributed by atoms with Crippen LogP contribution in [0.15, 0.2) is 4.79 Å². The van der Waals surface area contributed by atoms with Crippen LogP contribution in [-0.4, -0.2) is 52.6 Å². The van der Waals surface area contributed by atoms with E-state index in [-0.39, 0.29) is 29.6 Å². The Kier molecular flexibility index (Phi) is 5.21. The number of aromatic amines is 1. The zero-order chi connectivity index (χ0) is 19.0. The lowest BCUT2D eigenvalue weighted by Gasteiger charge is -2.36. The lowest BCUT2D eigenvalue weighted by atomic mass is 9.88. The van der Waals surface area contributed by atoms with Gasteiger partial charge >= 0.3 is 0 Å². The second kappa shape index (κ2) is 7.62. The van der Waals surface area contributed by atoms with Crippen molar-refractivity contribution in [2.24, 2.45) is 5.92 Å². The molecule has 4 rings (SSSR count). The van der Waals surface area contributed by atoms with E-state index >= 15 is 0 Å². The van der Waals surface area contributed by atoms with Gasteiger partial charge in [0.25, 0.3) is 5.56 Å². The first-order chi connectivity index (χ1) is 13.0. The zero-order valence-electron chi connectivity index (χ0n) is 16.4. The molecular weight excluding hydrogens is 344 g/mol. The van der Waals surface area contributed by atoms with Crippen molar-refractivity contribution in [3.63, 3.8) is 0 Å². The molecule has 2 aliphatic heterocycles. The molecule has 0 radical (unpaired) electrons. The van der Waals surface area contributed by atoms with Crippen LogP contribution in [0.1, 0.15) is 57.2 Å². The van der Waals surface area contributed by atoms with Gasteiger partial charge in [-0.05, 0) is 33.1 Å². The summed E-state index contributed by atoms with van der Waals surface area (Å²) in [5.74, 6) is 1.01. The Hall–Kier alpha value is -1.89. The summed E-state index contributed by atoms with van der Waals surface area (Å²) in [6, 6.07) is 0. The molecule has 7 nitrogen and oxygen atoms in total. The number of hydrogen-bond acceptors (Lipinski definition) is 5. The molecule has 27 heavy (non-hydrogen) atoms. The molecule has 1 saturated heterocycles. The highest BCUT2D eigenvalue weighted by molar-refractivity contribution is 5.79. The van der Waals surface area contributed by atoms with E-state index in [2.05, 4.69) is 9.88 Å². The molecule has 3 heterocycles. The minimum Gasteiger partial charge on any atom is -0.372 e. The number of morpholine rings is 1. The summed E-state index contributed by atoms with van der Waals surface area (Å²) < 4.78 is 5.78. The highest BCUT2D eigenvalue weighted by atomic mass is 16.5. The van der Waals surface area contributed by atoms with Crippen LogP contribution in [-0.2, 0) is 22.5 Å². The van der Waals surface area contributed by atoms with Crippen LogP contribution in [0.5, 0.6) is 0 Å². The topological polar surface area (TPSA) is 78.5 Å². The first-order valence-electron chi connectivity index (χ1n) is 10.3. The largest absolute Gasteiger partial charge is 0.372 e. The van der Waals surface area contributed by atoms with Crippen LogP contribution in [0, 0.1) is 5.92 Å². The summed E-state index contributed by atoms with van der Waals surface area (Å²) in [4.78, 5) is 37.2. The molecule has 1 aromatic heterocycles. The van der Waals surface area contributed by atoms with Gasteiger partial charge in [-0.15, -0.1) is 0 Å². The number of anilines is 1. The Morgan fingerprint density at radius 2 is 1.85 bits per heavy atom. The van der Waals surface area contributed by atoms with Gasteiger partial charge in [0.15, 0.2) is 0 Å². The monoisotopic (exact) mass is 374 g/mol. The van der Waals surface area contributed by atoms with Crippen molar-refractivity contribution in [3.8, 4) is 0 Å². The van der Waals surface area contributed by atoms with Gasteiger partial charge in [-0.1, -0.05) is 19.3 Å². The number of H-pyrrole nitrogens is 1. The molecule has 1 aromatic rings. The molecule has 0 spiro atoms. The third-order valence-electron chi connectivity index (χ3n) is 6.05. The SMILES string of the molecule is C[C@H]1CN(c2nc3c(c(=O)[nH]2)CCN(C(=O)C2CCCCC2)C3)C[C@H](C)O1. The van der Waals surface area contributed by atoms with Crippen molar-refractivity contribution in [1.29, 1.82) is 0 Å². The fourth-order valence-corrected chi connectivity index (χ4v) is 4.72. The molecule has 1 amide bonds. The standard InChI is InChI=1S/C20H30N4O3/c1-13-10-24(11-14(2)27-13)20-21-17-12-23(9-8-16(17)18(25)22-20)19(26)15-6-4-3-5-7-15/h13-15H,3-12H2,1-2H3,(H,21,22,25)/t13-,14-/m0/s1. The van der Waals surface area contributed by atoms with Gasteiger partial charge in [-0.2, -0.15) is 0 Å². The molecule has 2 atom stereocenters. The number of fused-ring (bicyclic) bond motifs is 1. The first-order valence-corrected chi connectivity index (χ1v) is 10.3. The van der Waals surface area contributed by atoms with E-state index in [4.69, 9.17) is 9.72 Å². The molecule has 3 aliphatic rings. The van der Waals surface area contributed by atoms with Crippen molar-refractivity contribution < 1.29 is 9.53 Å². The maximum Gasteiger partial charge on any atom is 0.255 e. The summed E-state index contributed by atoms with van der Waals surface area (Å²) in [6.07, 6.45) is 6.32. The van der Waals surface area contributed by atoms with Crippen LogP contribution < -0.4 is 10.5 Å². The number of carbonyl (C=O) groups excluding carboxylic acids is 1. The van der Waals surface area contributed by atoms with E-state index in [1.165, 1.54) is 6.42 Å². The average molecular weight is 374 g/mol. The van der Waals surface area contributed by atoms with Crippen molar-refractivity contribution in [2.75, 3.05) is 24.5 Å². The summed E-state index contributed by atoms with van der Waals surface area (Å²) >= 11 is 0. The number of hydrogen-bond donors (Lipinski definition) is 1. The van der Waals surface area contributed by atoms with Gasteiger partial charge < -0.3 is 14.5 Å². The van der Waals surface area contributed by atoms with E-state index in [1.807, 2.05) is 18.7 Å². The maximum atomic E-state index is 12.9. The predicted molar refractivity (Wildman–Crippen MR) is 103 cm³/mol. The second-order valence-corrected chi connectivity index (χ2v) is 8.32. The van der Waals surface area contributed by atoms with Crippen molar-refractivity contribution >= 4 is 11.9 Å². The third-order valence-corrected chi connectivity index (χ3v) is 6.05. The van der Waals surface area contributed by atoms with Crippen LogP contribution in [0.2, 0.25) is 0 Å². The fraction of sp³-hybridized carbons (Fsp3) is 0.750. The molecule has 0 bridgehead atoms. The van der Waals surface area contributed by atoms with Crippen molar-refractivity contribution in [2.45, 2.75) is 71.1 Å². The Balaban J connectivity index is 1.54. The van der Waals surface area contributed by atoms with Crippen molar-refractivity contribution in [3.05, 3.63) is 21.6 Å². The summed E-state index contributed by atoms with van der Waals surface area (Å²) in [5.41, 5.74) is 1.43. The zero-order valence-corrected chi connectivity index (χ0v) is 16.4. The molecule has 148 valence electrons. The fourth-order valence-electron chi connectivity index (χ4n) is 4.72. The van der Waals surface area contributed by atoms with Gasteiger partial charge in [0.1, 0.15) is 0 Å². The van der Waals surface area contributed by atoms with Gasteiger partial charge in [0.2, 0.25) is 11.9 Å². The molecule has 0 aromatic carbocycles. The Labute approximate surface area is 160 Å². The normalized spacial score (nSPS) is 26.7. The molecule has 7 heteroatoms. The number of nitrogens with zero attached hydrogens (tertiary/aromatic N) is 3. The Morgan fingerprint density at radius 1 is 1.15 bits per heavy atom. The van der Waals surface area contributed by atoms with Gasteiger partial charge in [0.05, 0.1) is 24.4 Å². The van der Waals surface area contributed by atoms with Gasteiger partial charge in [-0.25, -0.2) is 4.98 Å². The number of nitrogens with one attached hydrogen (secondary N) is 1. The summed E-state index contributed by atoms with van der Waals surface area (Å²) in [6.45, 7) is 6.55. The minimum atomic E-state index is -0.0634. The summed E-state index contributed by atoms with van der Waals surface area (Å²) in [7, 11) is 0. The van der Waals surface area contributed by atoms with E-state index in [0.29, 0.717) is 38.5 Å².